The number of nitro benzene ring substituents is 1. The van der Waals surface area contributed by atoms with Crippen LogP contribution in [0, 0.1) is 17.0 Å². The van der Waals surface area contributed by atoms with E-state index in [1.165, 1.54) is 23.0 Å². The normalized spacial score (nSPS) is 11.4. The van der Waals surface area contributed by atoms with Crippen LogP contribution in [0.3, 0.4) is 0 Å². The SMILES string of the molecule is CCOc1cc(C)c(-c2nc3ccccc3c(=O)n2N=Cc2cc(Cl)c(OCc3ccc([N+](=O)[O-])cc3)c(Cl)c2)cc1C(C)C. The van der Waals surface area contributed by atoms with Crippen LogP contribution in [0.1, 0.15) is 48.9 Å². The van der Waals surface area contributed by atoms with E-state index in [-0.39, 0.29) is 39.6 Å². The van der Waals surface area contributed by atoms with Gasteiger partial charge in [-0.2, -0.15) is 9.78 Å². The molecule has 1 heterocycles. The van der Waals surface area contributed by atoms with Gasteiger partial charge in [-0.15, -0.1) is 0 Å². The number of aromatic nitrogens is 2. The van der Waals surface area contributed by atoms with Crippen LogP contribution in [0.15, 0.2) is 82.7 Å². The molecule has 0 radical (unpaired) electrons. The molecule has 11 heteroatoms. The lowest BCUT2D eigenvalue weighted by Crippen LogP contribution is -2.21. The summed E-state index contributed by atoms with van der Waals surface area (Å²) in [6, 6.07) is 20.4. The second-order valence-electron chi connectivity index (χ2n) is 10.6. The summed E-state index contributed by atoms with van der Waals surface area (Å²) in [5, 5.41) is 16.4. The number of non-ortho nitro benzene ring substituents is 1. The van der Waals surface area contributed by atoms with Crippen molar-refractivity contribution in [3.63, 3.8) is 0 Å². The molecule has 1 aromatic heterocycles. The first-order valence-corrected chi connectivity index (χ1v) is 15.0. The molecule has 0 unspecified atom stereocenters. The Morgan fingerprint density at radius 2 is 1.71 bits per heavy atom. The number of hydrogen-bond acceptors (Lipinski definition) is 7. The van der Waals surface area contributed by atoms with Gasteiger partial charge in [0.2, 0.25) is 0 Å². The number of halogens is 2. The summed E-state index contributed by atoms with van der Waals surface area (Å²) in [4.78, 5) is 29.1. The standard InChI is InChI=1S/C34H30Cl2N4O5/c1-5-44-31-14-21(4)27(17-26(31)20(2)3)33-38-30-9-7-6-8-25(30)34(41)39(33)37-18-23-15-28(35)32(29(36)16-23)45-19-22-10-12-24(13-11-22)40(42)43/h6-18,20H,5,19H2,1-4H3. The Kier molecular flexibility index (Phi) is 9.51. The van der Waals surface area contributed by atoms with Crippen molar-refractivity contribution in [2.75, 3.05) is 6.61 Å². The Hall–Kier alpha value is -4.73. The minimum atomic E-state index is -0.466. The molecule has 0 amide bonds. The zero-order valence-electron chi connectivity index (χ0n) is 25.1. The monoisotopic (exact) mass is 644 g/mol. The van der Waals surface area contributed by atoms with Gasteiger partial charge in [-0.3, -0.25) is 14.9 Å². The minimum Gasteiger partial charge on any atom is -0.494 e. The number of hydrogen-bond donors (Lipinski definition) is 0. The number of fused-ring (bicyclic) bond motifs is 1. The van der Waals surface area contributed by atoms with Crippen LogP contribution in [0.25, 0.3) is 22.3 Å². The van der Waals surface area contributed by atoms with Crippen LogP contribution in [0.4, 0.5) is 5.69 Å². The van der Waals surface area contributed by atoms with Crippen molar-refractivity contribution in [2.24, 2.45) is 5.10 Å². The van der Waals surface area contributed by atoms with Crippen LogP contribution in [-0.2, 0) is 6.61 Å². The zero-order valence-corrected chi connectivity index (χ0v) is 26.6. The van der Waals surface area contributed by atoms with E-state index in [1.807, 2.05) is 32.0 Å². The number of rotatable bonds is 10. The fraction of sp³-hybridized carbons (Fsp3) is 0.206. The molecule has 4 aromatic carbocycles. The predicted octanol–water partition coefficient (Wildman–Crippen LogP) is 8.57. The van der Waals surface area contributed by atoms with Gasteiger partial charge in [0.25, 0.3) is 11.2 Å². The molecular weight excluding hydrogens is 615 g/mol. The van der Waals surface area contributed by atoms with Crippen LogP contribution >= 0.6 is 23.2 Å². The maximum absolute atomic E-state index is 13.8. The molecular formula is C34H30Cl2N4O5. The highest BCUT2D eigenvalue weighted by Gasteiger charge is 2.19. The summed E-state index contributed by atoms with van der Waals surface area (Å²) in [6.07, 6.45) is 1.49. The molecule has 5 rings (SSSR count). The van der Waals surface area contributed by atoms with E-state index in [0.717, 1.165) is 22.4 Å². The molecule has 9 nitrogen and oxygen atoms in total. The number of benzene rings is 4. The molecule has 0 saturated carbocycles. The second kappa shape index (κ2) is 13.5. The van der Waals surface area contributed by atoms with E-state index in [4.69, 9.17) is 37.7 Å². The molecule has 0 fully saturated rings. The van der Waals surface area contributed by atoms with Gasteiger partial charge < -0.3 is 9.47 Å². The van der Waals surface area contributed by atoms with E-state index in [0.29, 0.717) is 34.5 Å². The van der Waals surface area contributed by atoms with Gasteiger partial charge in [0.1, 0.15) is 12.4 Å². The third-order valence-corrected chi connectivity index (χ3v) is 7.71. The Balaban J connectivity index is 1.53. The van der Waals surface area contributed by atoms with Gasteiger partial charge in [0.15, 0.2) is 11.6 Å². The number of ether oxygens (including phenoxy) is 2. The first-order valence-electron chi connectivity index (χ1n) is 14.3. The van der Waals surface area contributed by atoms with Crippen LogP contribution in [0.5, 0.6) is 11.5 Å². The molecule has 0 bridgehead atoms. The van der Waals surface area contributed by atoms with Gasteiger partial charge >= 0.3 is 0 Å². The molecule has 230 valence electrons. The largest absolute Gasteiger partial charge is 0.494 e. The molecule has 0 aliphatic rings. The fourth-order valence-corrected chi connectivity index (χ4v) is 5.47. The molecule has 0 spiro atoms. The highest BCUT2D eigenvalue weighted by molar-refractivity contribution is 6.37. The molecule has 0 atom stereocenters. The summed E-state index contributed by atoms with van der Waals surface area (Å²) in [6.45, 7) is 8.71. The molecule has 0 aliphatic carbocycles. The minimum absolute atomic E-state index is 0.0135. The average molecular weight is 646 g/mol. The lowest BCUT2D eigenvalue weighted by atomic mass is 9.96. The van der Waals surface area contributed by atoms with Gasteiger partial charge in [0, 0.05) is 17.7 Å². The maximum atomic E-state index is 13.8. The van der Waals surface area contributed by atoms with E-state index < -0.39 is 4.92 Å². The van der Waals surface area contributed by atoms with Crippen molar-refractivity contribution >= 4 is 46.0 Å². The van der Waals surface area contributed by atoms with Gasteiger partial charge in [-0.05, 0) is 90.6 Å². The van der Waals surface area contributed by atoms with Crippen molar-refractivity contribution in [3.8, 4) is 22.9 Å². The first-order chi connectivity index (χ1) is 21.6. The quantitative estimate of drug-likeness (QED) is 0.0855. The van der Waals surface area contributed by atoms with Crippen molar-refractivity contribution in [3.05, 3.63) is 126 Å². The summed E-state index contributed by atoms with van der Waals surface area (Å²) in [5.41, 5.74) is 4.10. The molecule has 0 N–H and O–H groups in total. The molecule has 5 aromatic rings. The molecule has 0 aliphatic heterocycles. The van der Waals surface area contributed by atoms with Crippen LogP contribution in [0.2, 0.25) is 10.0 Å². The number of para-hydroxylation sites is 1. The Morgan fingerprint density at radius 3 is 2.36 bits per heavy atom. The van der Waals surface area contributed by atoms with Gasteiger partial charge in [-0.25, -0.2) is 4.98 Å². The molecule has 45 heavy (non-hydrogen) atoms. The second-order valence-corrected chi connectivity index (χ2v) is 11.4. The Bertz CT molecular complexity index is 1970. The van der Waals surface area contributed by atoms with Gasteiger partial charge in [-0.1, -0.05) is 49.2 Å². The first kappa shape index (κ1) is 31.7. The summed E-state index contributed by atoms with van der Waals surface area (Å²) in [5.74, 6) is 1.61. The molecule has 0 saturated heterocycles. The zero-order chi connectivity index (χ0) is 32.2. The van der Waals surface area contributed by atoms with E-state index >= 15 is 0 Å². The van der Waals surface area contributed by atoms with Crippen molar-refractivity contribution in [2.45, 2.75) is 40.2 Å². The van der Waals surface area contributed by atoms with E-state index in [9.17, 15) is 14.9 Å². The third-order valence-electron chi connectivity index (χ3n) is 7.15. The maximum Gasteiger partial charge on any atom is 0.282 e. The smallest absolute Gasteiger partial charge is 0.282 e. The fourth-order valence-electron chi connectivity index (χ4n) is 4.86. The highest BCUT2D eigenvalue weighted by atomic mass is 35.5. The van der Waals surface area contributed by atoms with Crippen molar-refractivity contribution < 1.29 is 14.4 Å². The van der Waals surface area contributed by atoms with Gasteiger partial charge in [0.05, 0.1) is 38.7 Å². The van der Waals surface area contributed by atoms with Crippen molar-refractivity contribution in [1.29, 1.82) is 0 Å². The topological polar surface area (TPSA) is 109 Å². The number of nitro groups is 1. The van der Waals surface area contributed by atoms with E-state index in [2.05, 4.69) is 18.9 Å². The van der Waals surface area contributed by atoms with E-state index in [1.54, 1.807) is 42.5 Å². The highest BCUT2D eigenvalue weighted by Crippen LogP contribution is 2.36. The Morgan fingerprint density at radius 1 is 1.02 bits per heavy atom. The summed E-state index contributed by atoms with van der Waals surface area (Å²) >= 11 is 13.1. The lowest BCUT2D eigenvalue weighted by molar-refractivity contribution is -0.384. The Labute approximate surface area is 269 Å². The third kappa shape index (κ3) is 6.84. The summed E-state index contributed by atoms with van der Waals surface area (Å²) in [7, 11) is 0. The summed E-state index contributed by atoms with van der Waals surface area (Å²) < 4.78 is 13.0. The van der Waals surface area contributed by atoms with Crippen LogP contribution in [-0.4, -0.2) is 27.4 Å². The predicted molar refractivity (Wildman–Crippen MR) is 178 cm³/mol. The van der Waals surface area contributed by atoms with Crippen LogP contribution < -0.4 is 15.0 Å². The van der Waals surface area contributed by atoms with Crippen molar-refractivity contribution in [1.82, 2.24) is 9.66 Å². The number of nitrogens with zero attached hydrogens (tertiary/aromatic N) is 4. The average Bonchev–Trinajstić information content (AvgIpc) is 3.00. The number of aryl methyl sites for hydroxylation is 1. The lowest BCUT2D eigenvalue weighted by Gasteiger charge is -2.18.